The normalized spacial score (nSPS) is 19.0. The van der Waals surface area contributed by atoms with Crippen molar-refractivity contribution < 1.29 is 28.0 Å². The molecule has 0 aliphatic carbocycles. The van der Waals surface area contributed by atoms with Gasteiger partial charge in [0, 0.05) is 12.5 Å². The van der Waals surface area contributed by atoms with Crippen molar-refractivity contribution in [1.29, 1.82) is 0 Å². The summed E-state index contributed by atoms with van der Waals surface area (Å²) in [4.78, 5) is 35.7. The number of rotatable bonds is 8. The van der Waals surface area contributed by atoms with Gasteiger partial charge in [0.05, 0.1) is 11.5 Å². The Morgan fingerprint density at radius 3 is 2.32 bits per heavy atom. The highest BCUT2D eigenvalue weighted by molar-refractivity contribution is 7.89. The number of sulfonamides is 1. The quantitative estimate of drug-likeness (QED) is 0.354. The van der Waals surface area contributed by atoms with Crippen LogP contribution in [0.15, 0.2) is 59.5 Å². The van der Waals surface area contributed by atoms with E-state index in [4.69, 9.17) is 0 Å². The summed E-state index contributed by atoms with van der Waals surface area (Å²) in [5.41, 5.74) is -3.20. The summed E-state index contributed by atoms with van der Waals surface area (Å²) < 4.78 is 28.5. The van der Waals surface area contributed by atoms with Gasteiger partial charge >= 0.3 is 5.97 Å². The maximum atomic E-state index is 13.2. The summed E-state index contributed by atoms with van der Waals surface area (Å²) in [6.45, 7) is 2.48. The summed E-state index contributed by atoms with van der Waals surface area (Å²) in [6, 6.07) is 13.4. The zero-order chi connectivity index (χ0) is 23.0. The van der Waals surface area contributed by atoms with Gasteiger partial charge in [-0.3, -0.25) is 14.9 Å². The first-order valence-corrected chi connectivity index (χ1v) is 10.8. The second-order valence-corrected chi connectivity index (χ2v) is 9.48. The molecule has 11 heteroatoms. The lowest BCUT2D eigenvalue weighted by Crippen LogP contribution is -2.79. The van der Waals surface area contributed by atoms with E-state index in [0.29, 0.717) is 5.56 Å². The van der Waals surface area contributed by atoms with Crippen molar-refractivity contribution in [3.8, 4) is 0 Å². The maximum Gasteiger partial charge on any atom is 0.329 e. The van der Waals surface area contributed by atoms with E-state index in [1.54, 1.807) is 30.3 Å². The zero-order valence-electron chi connectivity index (χ0n) is 16.8. The molecule has 164 valence electrons. The lowest BCUT2D eigenvalue weighted by Gasteiger charge is -2.53. The molecule has 1 fully saturated rings. The Bertz CT molecular complexity index is 1150. The molecule has 1 heterocycles. The summed E-state index contributed by atoms with van der Waals surface area (Å²) in [7, 11) is -4.48. The van der Waals surface area contributed by atoms with Crippen molar-refractivity contribution in [2.75, 3.05) is 6.54 Å². The number of amides is 1. The van der Waals surface area contributed by atoms with Gasteiger partial charge in [-0.15, -0.1) is 0 Å². The van der Waals surface area contributed by atoms with Crippen molar-refractivity contribution in [3.05, 3.63) is 70.3 Å². The molecular weight excluding hydrogens is 426 g/mol. The topological polar surface area (TPSA) is 147 Å². The molecule has 31 heavy (non-hydrogen) atoms. The van der Waals surface area contributed by atoms with Crippen LogP contribution in [0.1, 0.15) is 19.4 Å². The average molecular weight is 447 g/mol. The second kappa shape index (κ2) is 7.75. The number of nitro benzene ring substituents is 1. The number of aliphatic carboxylic acids is 1. The van der Waals surface area contributed by atoms with Crippen LogP contribution in [0.5, 0.6) is 0 Å². The summed E-state index contributed by atoms with van der Waals surface area (Å²) in [5.74, 6) is -1.96. The number of nitrogens with one attached hydrogen (secondary N) is 1. The fraction of sp³-hybridized carbons (Fsp3) is 0.300. The van der Waals surface area contributed by atoms with Crippen LogP contribution in [0, 0.1) is 10.1 Å². The van der Waals surface area contributed by atoms with Gasteiger partial charge in [-0.1, -0.05) is 42.5 Å². The van der Waals surface area contributed by atoms with Crippen LogP contribution in [0.2, 0.25) is 0 Å². The molecule has 0 bridgehead atoms. The van der Waals surface area contributed by atoms with Gasteiger partial charge < -0.3 is 10.0 Å². The largest absolute Gasteiger partial charge is 0.480 e. The lowest BCUT2D eigenvalue weighted by atomic mass is 9.79. The molecular formula is C20H21N3O7S. The number of carbonyl (C=O) groups excluding carboxylic acids is 1. The predicted octanol–water partition coefficient (Wildman–Crippen LogP) is 1.56. The van der Waals surface area contributed by atoms with Crippen molar-refractivity contribution >= 4 is 27.6 Å². The molecule has 1 aliphatic rings. The Hall–Kier alpha value is -3.31. The molecule has 2 aromatic carbocycles. The average Bonchev–Trinajstić information content (AvgIpc) is 2.71. The third kappa shape index (κ3) is 4.01. The van der Waals surface area contributed by atoms with Crippen molar-refractivity contribution in [2.24, 2.45) is 0 Å². The molecule has 3 rings (SSSR count). The van der Waals surface area contributed by atoms with Gasteiger partial charge in [-0.25, -0.2) is 13.2 Å². The van der Waals surface area contributed by atoms with E-state index in [-0.39, 0.29) is 13.0 Å². The molecule has 0 saturated carbocycles. The number of nitrogens with zero attached hydrogens (tertiary/aromatic N) is 2. The molecule has 0 aromatic heterocycles. The summed E-state index contributed by atoms with van der Waals surface area (Å²) >= 11 is 0. The molecule has 0 spiro atoms. The number of likely N-dealkylation sites (tertiary alicyclic amines) is 1. The first kappa shape index (κ1) is 22.4. The molecule has 0 radical (unpaired) electrons. The Kier molecular flexibility index (Phi) is 5.59. The number of carbonyl (C=O) groups is 2. The number of carboxylic acid groups (broad SMARTS) is 1. The van der Waals surface area contributed by atoms with E-state index in [1.807, 2.05) is 0 Å². The molecule has 2 N–H and O–H groups in total. The standard InChI is InChI=1S/C20H21N3O7S/c1-19(2,18(25)26)22-13-20(17(22)24,12-14-8-4-3-5-9-14)21-31(29,30)16-11-7-6-10-15(16)23(27)28/h3-11,21H,12-13H2,1-2H3,(H,25,26). The van der Waals surface area contributed by atoms with Crippen LogP contribution in [0.3, 0.4) is 0 Å². The number of benzene rings is 2. The summed E-state index contributed by atoms with van der Waals surface area (Å²) in [6.07, 6.45) is -0.0429. The molecule has 2 aromatic rings. The van der Waals surface area contributed by atoms with Gasteiger partial charge in [0.15, 0.2) is 4.90 Å². The Morgan fingerprint density at radius 2 is 1.77 bits per heavy atom. The first-order chi connectivity index (χ1) is 14.4. The highest BCUT2D eigenvalue weighted by Crippen LogP contribution is 2.35. The Balaban J connectivity index is 2.02. The third-order valence-corrected chi connectivity index (χ3v) is 6.89. The van der Waals surface area contributed by atoms with E-state index in [0.717, 1.165) is 17.0 Å². The van der Waals surface area contributed by atoms with E-state index >= 15 is 0 Å². The van der Waals surface area contributed by atoms with Crippen LogP contribution in [0.25, 0.3) is 0 Å². The minimum absolute atomic E-state index is 0.0429. The zero-order valence-corrected chi connectivity index (χ0v) is 17.6. The highest BCUT2D eigenvalue weighted by atomic mass is 32.2. The fourth-order valence-electron chi connectivity index (χ4n) is 3.48. The van der Waals surface area contributed by atoms with Crippen LogP contribution in [-0.4, -0.2) is 52.8 Å². The number of hydrogen-bond acceptors (Lipinski definition) is 6. The fourth-order valence-corrected chi connectivity index (χ4v) is 5.00. The lowest BCUT2D eigenvalue weighted by molar-refractivity contribution is -0.387. The maximum absolute atomic E-state index is 13.2. The van der Waals surface area contributed by atoms with Gasteiger partial charge in [0.1, 0.15) is 11.1 Å². The van der Waals surface area contributed by atoms with E-state index in [1.165, 1.54) is 26.0 Å². The molecule has 1 aliphatic heterocycles. The summed E-state index contributed by atoms with van der Waals surface area (Å²) in [5, 5.41) is 20.8. The Labute approximate surface area is 178 Å². The van der Waals surface area contributed by atoms with Crippen molar-refractivity contribution in [3.63, 3.8) is 0 Å². The minimum atomic E-state index is -4.48. The number of para-hydroxylation sites is 1. The second-order valence-electron chi connectivity index (χ2n) is 7.83. The van der Waals surface area contributed by atoms with Gasteiger partial charge in [0.25, 0.3) is 5.69 Å². The van der Waals surface area contributed by atoms with Crippen LogP contribution in [-0.2, 0) is 26.0 Å². The monoisotopic (exact) mass is 447 g/mol. The molecule has 10 nitrogen and oxygen atoms in total. The molecule has 1 atom stereocenters. The van der Waals surface area contributed by atoms with Crippen LogP contribution in [0.4, 0.5) is 5.69 Å². The minimum Gasteiger partial charge on any atom is -0.480 e. The van der Waals surface area contributed by atoms with E-state index in [9.17, 15) is 33.2 Å². The number of nitro groups is 1. The Morgan fingerprint density at radius 1 is 1.19 bits per heavy atom. The van der Waals surface area contributed by atoms with Crippen molar-refractivity contribution in [1.82, 2.24) is 9.62 Å². The number of β-lactam (4-membered cyclic amide) rings is 1. The van der Waals surface area contributed by atoms with Crippen LogP contribution >= 0.6 is 0 Å². The smallest absolute Gasteiger partial charge is 0.329 e. The van der Waals surface area contributed by atoms with E-state index in [2.05, 4.69) is 4.72 Å². The molecule has 1 unspecified atom stereocenters. The van der Waals surface area contributed by atoms with E-state index < -0.39 is 48.5 Å². The van der Waals surface area contributed by atoms with Gasteiger partial charge in [-0.05, 0) is 25.5 Å². The predicted molar refractivity (Wildman–Crippen MR) is 110 cm³/mol. The molecule has 1 amide bonds. The highest BCUT2D eigenvalue weighted by Gasteiger charge is 2.60. The number of carboxylic acids is 1. The SMILES string of the molecule is CC(C)(C(=O)O)N1CC(Cc2ccccc2)(NS(=O)(=O)c2ccccc2[N+](=O)[O-])C1=O. The third-order valence-electron chi connectivity index (χ3n) is 5.31. The van der Waals surface area contributed by atoms with Crippen molar-refractivity contribution in [2.45, 2.75) is 36.2 Å². The first-order valence-electron chi connectivity index (χ1n) is 9.27. The molecule has 1 saturated heterocycles. The van der Waals surface area contributed by atoms with Gasteiger partial charge in [-0.2, -0.15) is 4.72 Å². The van der Waals surface area contributed by atoms with Gasteiger partial charge in [0.2, 0.25) is 15.9 Å². The number of hydrogen-bond donors (Lipinski definition) is 2. The van der Waals surface area contributed by atoms with Crippen LogP contribution < -0.4 is 4.72 Å².